The molecule has 0 unspecified atom stereocenters. The average Bonchev–Trinajstić information content (AvgIpc) is 3.25. The van der Waals surface area contributed by atoms with E-state index in [4.69, 9.17) is 11.8 Å². The van der Waals surface area contributed by atoms with E-state index in [0.29, 0.717) is 36.2 Å². The van der Waals surface area contributed by atoms with E-state index in [2.05, 4.69) is 69.4 Å². The molecule has 1 amide bonds. The summed E-state index contributed by atoms with van der Waals surface area (Å²) in [6.45, 7) is 13.4. The van der Waals surface area contributed by atoms with Crippen molar-refractivity contribution in [2.45, 2.75) is 53.4 Å². The van der Waals surface area contributed by atoms with Crippen LogP contribution in [-0.4, -0.2) is 76.4 Å². The summed E-state index contributed by atoms with van der Waals surface area (Å²) in [5, 5.41) is 21.5. The standard InChI is InChI=1S/C23H38N6O.C8H9N3/c1-6-9-20(7-2)10-11-22(25-5)27-23(26-18-30)16-21(24)29-13-8-12-28(14-15-29)17-19(3)4;1-2-7-6-10-11-5-3-4-9-8(7)11/h1,10-11,16,18-19,24-25,27H,7-9,12-15,17H2,2-5H3,(H,26,30);3-6H,2H2,1H3/b20-10-,22-11+,23-16-,24-21?;. The number of amides is 1. The maximum atomic E-state index is 11.1. The van der Waals surface area contributed by atoms with Crippen LogP contribution < -0.4 is 16.0 Å². The normalized spacial score (nSPS) is 15.0. The smallest absolute Gasteiger partial charge is 0.212 e. The second kappa shape index (κ2) is 18.3. The first-order valence-electron chi connectivity index (χ1n) is 14.4. The molecule has 222 valence electrons. The molecule has 3 rings (SSSR count). The zero-order valence-corrected chi connectivity index (χ0v) is 25.3. The molecule has 0 aliphatic carbocycles. The number of amidine groups is 1. The van der Waals surface area contributed by atoms with Crippen molar-refractivity contribution in [1.82, 2.24) is 40.3 Å². The Kier molecular flexibility index (Phi) is 14.8. The maximum absolute atomic E-state index is 11.1. The number of hydrogen-bond acceptors (Lipinski definition) is 7. The Bertz CT molecular complexity index is 1240. The number of fused-ring (bicyclic) bond motifs is 1. The SMILES string of the molecule is C#CC/C(=C\C=C(/NC)N/C(=C\C(=N)N1CCCN(CC(C)C)CC1)NC=O)CC.CCc1cnn2cccnc12. The molecule has 1 aliphatic heterocycles. The van der Waals surface area contributed by atoms with E-state index in [1.54, 1.807) is 23.8 Å². The Morgan fingerprint density at radius 1 is 1.20 bits per heavy atom. The summed E-state index contributed by atoms with van der Waals surface area (Å²) in [6.07, 6.45) is 20.6. The van der Waals surface area contributed by atoms with E-state index in [0.717, 1.165) is 63.2 Å². The third-order valence-corrected chi connectivity index (χ3v) is 6.59. The highest BCUT2D eigenvalue weighted by Gasteiger charge is 2.17. The Hall–Kier alpha value is -4.10. The minimum Gasteiger partial charge on any atom is -0.375 e. The molecule has 0 atom stereocenters. The van der Waals surface area contributed by atoms with Gasteiger partial charge in [-0.2, -0.15) is 5.10 Å². The third kappa shape index (κ3) is 11.5. The summed E-state index contributed by atoms with van der Waals surface area (Å²) in [5.41, 5.74) is 3.31. The Balaban J connectivity index is 0.000000438. The van der Waals surface area contributed by atoms with Gasteiger partial charge in [-0.3, -0.25) is 10.2 Å². The lowest BCUT2D eigenvalue weighted by atomic mass is 10.1. The van der Waals surface area contributed by atoms with E-state index in [9.17, 15) is 4.79 Å². The fourth-order valence-electron chi connectivity index (χ4n) is 4.41. The van der Waals surface area contributed by atoms with Crippen LogP contribution in [0.4, 0.5) is 0 Å². The van der Waals surface area contributed by atoms with Gasteiger partial charge in [0.05, 0.1) is 6.20 Å². The highest BCUT2D eigenvalue weighted by molar-refractivity contribution is 5.91. The second-order valence-corrected chi connectivity index (χ2v) is 10.2. The summed E-state index contributed by atoms with van der Waals surface area (Å²) < 4.78 is 1.79. The van der Waals surface area contributed by atoms with Crippen LogP contribution in [0.2, 0.25) is 0 Å². The number of aromatic nitrogens is 3. The zero-order valence-electron chi connectivity index (χ0n) is 25.3. The molecule has 0 saturated carbocycles. The number of allylic oxidation sites excluding steroid dienone is 3. The number of terminal acetylenes is 1. The van der Waals surface area contributed by atoms with Crippen molar-refractivity contribution in [3.63, 3.8) is 0 Å². The van der Waals surface area contributed by atoms with Crippen molar-refractivity contribution >= 4 is 17.9 Å². The van der Waals surface area contributed by atoms with E-state index in [1.165, 1.54) is 5.56 Å². The number of carbonyl (C=O) groups excluding carboxylic acids is 1. The molecule has 1 fully saturated rings. The van der Waals surface area contributed by atoms with Gasteiger partial charge in [0.15, 0.2) is 5.65 Å². The lowest BCUT2D eigenvalue weighted by Crippen LogP contribution is -2.37. The van der Waals surface area contributed by atoms with Crippen LogP contribution in [0.25, 0.3) is 5.65 Å². The average molecular weight is 562 g/mol. The van der Waals surface area contributed by atoms with E-state index < -0.39 is 0 Å². The lowest BCUT2D eigenvalue weighted by molar-refractivity contribution is -0.109. The van der Waals surface area contributed by atoms with Crippen molar-refractivity contribution in [3.05, 3.63) is 65.7 Å². The van der Waals surface area contributed by atoms with Gasteiger partial charge in [-0.15, -0.1) is 12.3 Å². The molecule has 2 aromatic heterocycles. The van der Waals surface area contributed by atoms with Gasteiger partial charge in [-0.1, -0.05) is 39.3 Å². The van der Waals surface area contributed by atoms with Gasteiger partial charge in [0.25, 0.3) is 0 Å². The predicted octanol–water partition coefficient (Wildman–Crippen LogP) is 3.52. The fraction of sp³-hybridized carbons (Fsp3) is 0.484. The molecule has 0 spiro atoms. The number of nitrogens with one attached hydrogen (secondary N) is 4. The Labute approximate surface area is 245 Å². The molecule has 2 aromatic rings. The molecule has 10 nitrogen and oxygen atoms in total. The molecule has 0 radical (unpaired) electrons. The van der Waals surface area contributed by atoms with Crippen LogP contribution in [0.1, 0.15) is 52.5 Å². The third-order valence-electron chi connectivity index (χ3n) is 6.59. The summed E-state index contributed by atoms with van der Waals surface area (Å²) in [6, 6.07) is 1.87. The predicted molar refractivity (Wildman–Crippen MR) is 167 cm³/mol. The van der Waals surface area contributed by atoms with Crippen LogP contribution >= 0.6 is 0 Å². The van der Waals surface area contributed by atoms with Crippen LogP contribution in [-0.2, 0) is 11.2 Å². The van der Waals surface area contributed by atoms with Gasteiger partial charge in [0, 0.05) is 63.7 Å². The van der Waals surface area contributed by atoms with Gasteiger partial charge in [0.1, 0.15) is 17.5 Å². The Morgan fingerprint density at radius 3 is 2.66 bits per heavy atom. The van der Waals surface area contributed by atoms with E-state index >= 15 is 0 Å². The highest BCUT2D eigenvalue weighted by atomic mass is 16.1. The van der Waals surface area contributed by atoms with E-state index in [-0.39, 0.29) is 0 Å². The fourth-order valence-corrected chi connectivity index (χ4v) is 4.41. The van der Waals surface area contributed by atoms with Crippen LogP contribution in [0.3, 0.4) is 0 Å². The quantitative estimate of drug-likeness (QED) is 0.103. The zero-order chi connectivity index (χ0) is 30.0. The number of aryl methyl sites for hydroxylation is 1. The molecule has 1 aliphatic rings. The van der Waals surface area contributed by atoms with Crippen molar-refractivity contribution in [1.29, 1.82) is 5.41 Å². The maximum Gasteiger partial charge on any atom is 0.212 e. The summed E-state index contributed by atoms with van der Waals surface area (Å²) >= 11 is 0. The number of hydrogen-bond donors (Lipinski definition) is 4. The molecular weight excluding hydrogens is 514 g/mol. The number of nitrogens with zero attached hydrogens (tertiary/aromatic N) is 5. The Morgan fingerprint density at radius 2 is 2.00 bits per heavy atom. The topological polar surface area (TPSA) is 114 Å². The van der Waals surface area contributed by atoms with Crippen LogP contribution in [0.5, 0.6) is 0 Å². The van der Waals surface area contributed by atoms with E-state index in [1.807, 2.05) is 30.6 Å². The largest absolute Gasteiger partial charge is 0.375 e. The summed E-state index contributed by atoms with van der Waals surface area (Å²) in [4.78, 5) is 19.8. The van der Waals surface area contributed by atoms with Gasteiger partial charge in [-0.05, 0) is 43.9 Å². The van der Waals surface area contributed by atoms with Crippen LogP contribution in [0.15, 0.2) is 60.1 Å². The number of rotatable bonds is 12. The molecule has 0 aromatic carbocycles. The first kappa shape index (κ1) is 33.1. The number of carbonyl (C=O) groups is 1. The van der Waals surface area contributed by atoms with Crippen molar-refractivity contribution < 1.29 is 4.79 Å². The summed E-state index contributed by atoms with van der Waals surface area (Å²) in [5.74, 6) is 4.82. The van der Waals surface area contributed by atoms with Crippen molar-refractivity contribution in [2.24, 2.45) is 5.92 Å². The van der Waals surface area contributed by atoms with Crippen molar-refractivity contribution in [3.8, 4) is 12.3 Å². The van der Waals surface area contributed by atoms with Gasteiger partial charge < -0.3 is 25.8 Å². The molecule has 41 heavy (non-hydrogen) atoms. The first-order chi connectivity index (χ1) is 19.8. The molecule has 1 saturated heterocycles. The van der Waals surface area contributed by atoms with Gasteiger partial charge in [-0.25, -0.2) is 9.50 Å². The van der Waals surface area contributed by atoms with Crippen molar-refractivity contribution in [2.75, 3.05) is 39.8 Å². The molecular formula is C31H47N9O. The first-order valence-corrected chi connectivity index (χ1v) is 14.4. The minimum absolute atomic E-state index is 0.380. The summed E-state index contributed by atoms with van der Waals surface area (Å²) in [7, 11) is 1.79. The molecule has 10 heteroatoms. The van der Waals surface area contributed by atoms with Crippen LogP contribution in [0, 0.1) is 23.7 Å². The lowest BCUT2D eigenvalue weighted by Gasteiger charge is -2.24. The molecule has 0 bridgehead atoms. The highest BCUT2D eigenvalue weighted by Crippen LogP contribution is 2.09. The van der Waals surface area contributed by atoms with Gasteiger partial charge >= 0.3 is 0 Å². The monoisotopic (exact) mass is 561 g/mol. The molecule has 3 heterocycles. The minimum atomic E-state index is 0.380. The second-order valence-electron chi connectivity index (χ2n) is 10.2. The van der Waals surface area contributed by atoms with Gasteiger partial charge in [0.2, 0.25) is 6.41 Å². The molecule has 4 N–H and O–H groups in total.